The van der Waals surface area contributed by atoms with Crippen LogP contribution < -0.4 is 10.6 Å². The van der Waals surface area contributed by atoms with Crippen LogP contribution in [-0.2, 0) is 22.7 Å². The Labute approximate surface area is 163 Å². The third kappa shape index (κ3) is 5.41. The van der Waals surface area contributed by atoms with Gasteiger partial charge < -0.3 is 15.4 Å². The number of nitrogens with one attached hydrogen (secondary N) is 3. The number of nitrogens with zero attached hydrogens (tertiary/aromatic N) is 3. The van der Waals surface area contributed by atoms with E-state index in [0.717, 1.165) is 22.6 Å². The molecule has 2 aromatic heterocycles. The molecule has 0 saturated heterocycles. The minimum Gasteiger partial charge on any atom is -0.364 e. The van der Waals surface area contributed by atoms with E-state index in [4.69, 9.17) is 4.74 Å². The van der Waals surface area contributed by atoms with Gasteiger partial charge in [-0.1, -0.05) is 11.3 Å². The number of aromatic nitrogens is 4. The van der Waals surface area contributed by atoms with Crippen molar-refractivity contribution in [3.8, 4) is 0 Å². The second-order valence-corrected chi connectivity index (χ2v) is 6.81. The summed E-state index contributed by atoms with van der Waals surface area (Å²) in [5.41, 5.74) is 2.24. The summed E-state index contributed by atoms with van der Waals surface area (Å²) in [7, 11) is 0. The van der Waals surface area contributed by atoms with Gasteiger partial charge >= 0.3 is 0 Å². The molecular formula is C17H17FN6O3S. The van der Waals surface area contributed by atoms with Gasteiger partial charge in [-0.25, -0.2) is 4.39 Å². The molecule has 2 amide bonds. The van der Waals surface area contributed by atoms with Crippen molar-refractivity contribution in [1.82, 2.24) is 25.7 Å². The Morgan fingerprint density at radius 1 is 1.25 bits per heavy atom. The molecule has 0 aliphatic heterocycles. The highest BCUT2D eigenvalue weighted by atomic mass is 32.1. The molecule has 11 heteroatoms. The lowest BCUT2D eigenvalue weighted by molar-refractivity contribution is -0.126. The lowest BCUT2D eigenvalue weighted by Gasteiger charge is -2.04. The number of benzene rings is 1. The van der Waals surface area contributed by atoms with Gasteiger partial charge in [0.1, 0.15) is 24.0 Å². The number of anilines is 1. The average molecular weight is 404 g/mol. The molecule has 0 radical (unpaired) electrons. The fourth-order valence-corrected chi connectivity index (χ4v) is 2.82. The molecule has 0 atom stereocenters. The number of H-pyrrole nitrogens is 1. The molecular weight excluding hydrogens is 387 g/mol. The van der Waals surface area contributed by atoms with Crippen LogP contribution in [0, 0.1) is 12.7 Å². The Kier molecular flexibility index (Phi) is 6.40. The van der Waals surface area contributed by atoms with Crippen LogP contribution in [0.25, 0.3) is 0 Å². The second kappa shape index (κ2) is 9.15. The van der Waals surface area contributed by atoms with Crippen molar-refractivity contribution in [1.29, 1.82) is 0 Å². The Morgan fingerprint density at radius 3 is 2.75 bits per heavy atom. The predicted octanol–water partition coefficient (Wildman–Crippen LogP) is 1.79. The molecule has 146 valence electrons. The molecule has 1 aromatic carbocycles. The van der Waals surface area contributed by atoms with Crippen LogP contribution in [-0.4, -0.2) is 38.8 Å². The van der Waals surface area contributed by atoms with Crippen LogP contribution in [0.1, 0.15) is 26.1 Å². The number of aromatic amines is 1. The molecule has 0 spiro atoms. The fourth-order valence-electron chi connectivity index (χ4n) is 2.15. The fraction of sp³-hybridized carbons (Fsp3) is 0.235. The third-order valence-corrected chi connectivity index (χ3v) is 4.53. The van der Waals surface area contributed by atoms with Crippen molar-refractivity contribution >= 4 is 28.8 Å². The monoisotopic (exact) mass is 404 g/mol. The summed E-state index contributed by atoms with van der Waals surface area (Å²) in [5, 5.41) is 20.3. The van der Waals surface area contributed by atoms with E-state index >= 15 is 0 Å². The summed E-state index contributed by atoms with van der Waals surface area (Å²) in [6.07, 6.45) is 1.65. The minimum absolute atomic E-state index is 0.0552. The number of carbonyl (C=O) groups is 2. The highest BCUT2D eigenvalue weighted by molar-refractivity contribution is 7.13. The van der Waals surface area contributed by atoms with E-state index in [1.165, 1.54) is 24.3 Å². The zero-order valence-corrected chi connectivity index (χ0v) is 15.7. The maximum absolute atomic E-state index is 12.9. The first-order valence-corrected chi connectivity index (χ1v) is 9.05. The first kappa shape index (κ1) is 19.6. The molecule has 0 aliphatic rings. The maximum atomic E-state index is 12.9. The van der Waals surface area contributed by atoms with E-state index in [-0.39, 0.29) is 24.1 Å². The average Bonchev–Trinajstić information content (AvgIpc) is 3.31. The van der Waals surface area contributed by atoms with Crippen LogP contribution in [0.2, 0.25) is 0 Å². The number of amides is 2. The molecule has 3 rings (SSSR count). The van der Waals surface area contributed by atoms with Gasteiger partial charge in [0.15, 0.2) is 0 Å². The van der Waals surface area contributed by atoms with E-state index in [2.05, 4.69) is 31.0 Å². The Morgan fingerprint density at radius 2 is 2.04 bits per heavy atom. The number of ether oxygens (including phenoxy) is 1. The summed E-state index contributed by atoms with van der Waals surface area (Å²) in [5.74, 6) is -1.12. The van der Waals surface area contributed by atoms with Gasteiger partial charge in [0.05, 0.1) is 6.20 Å². The zero-order chi connectivity index (χ0) is 19.9. The predicted molar refractivity (Wildman–Crippen MR) is 99.1 cm³/mol. The van der Waals surface area contributed by atoms with Crippen molar-refractivity contribution in [3.05, 3.63) is 57.6 Å². The molecule has 28 heavy (non-hydrogen) atoms. The van der Waals surface area contributed by atoms with Crippen molar-refractivity contribution in [2.75, 3.05) is 11.9 Å². The first-order valence-electron chi connectivity index (χ1n) is 8.24. The largest absolute Gasteiger partial charge is 0.364 e. The van der Waals surface area contributed by atoms with Gasteiger partial charge in [0, 0.05) is 23.5 Å². The standard InChI is InChI=1S/C17H17FN6O3S/c1-10-11(7-20-22-10)6-19-14(25)8-27-9-15-23-24-17(28-15)16(26)21-13-4-2-12(18)3-5-13/h2-5,7H,6,8-9H2,1H3,(H,19,25)(H,20,22)(H,21,26). The Bertz CT molecular complexity index is 956. The minimum atomic E-state index is -0.455. The van der Waals surface area contributed by atoms with Gasteiger partial charge in [-0.3, -0.25) is 14.7 Å². The number of carbonyl (C=O) groups excluding carboxylic acids is 2. The maximum Gasteiger partial charge on any atom is 0.286 e. The van der Waals surface area contributed by atoms with Gasteiger partial charge in [-0.15, -0.1) is 10.2 Å². The van der Waals surface area contributed by atoms with Crippen LogP contribution in [0.4, 0.5) is 10.1 Å². The smallest absolute Gasteiger partial charge is 0.286 e. The van der Waals surface area contributed by atoms with E-state index < -0.39 is 11.7 Å². The molecule has 0 saturated carbocycles. The highest BCUT2D eigenvalue weighted by Gasteiger charge is 2.14. The highest BCUT2D eigenvalue weighted by Crippen LogP contribution is 2.14. The van der Waals surface area contributed by atoms with E-state index in [1.54, 1.807) is 6.20 Å². The number of halogens is 1. The molecule has 0 unspecified atom stereocenters. The number of aryl methyl sites for hydroxylation is 1. The number of hydrogen-bond donors (Lipinski definition) is 3. The third-order valence-electron chi connectivity index (χ3n) is 3.63. The topological polar surface area (TPSA) is 122 Å². The normalized spacial score (nSPS) is 10.6. The summed E-state index contributed by atoms with van der Waals surface area (Å²) in [4.78, 5) is 23.9. The zero-order valence-electron chi connectivity index (χ0n) is 14.9. The van der Waals surface area contributed by atoms with Crippen molar-refractivity contribution in [2.24, 2.45) is 0 Å². The molecule has 3 aromatic rings. The van der Waals surface area contributed by atoms with Gasteiger partial charge in [0.2, 0.25) is 10.9 Å². The first-order chi connectivity index (χ1) is 13.5. The van der Waals surface area contributed by atoms with Crippen LogP contribution in [0.15, 0.2) is 30.5 Å². The van der Waals surface area contributed by atoms with E-state index in [1.807, 2.05) is 6.92 Å². The van der Waals surface area contributed by atoms with Crippen molar-refractivity contribution < 1.29 is 18.7 Å². The number of hydrogen-bond acceptors (Lipinski definition) is 7. The van der Waals surface area contributed by atoms with Gasteiger partial charge in [0.25, 0.3) is 5.91 Å². The molecule has 3 N–H and O–H groups in total. The Hall–Kier alpha value is -3.18. The SMILES string of the molecule is Cc1[nH]ncc1CNC(=O)COCc1nnc(C(=O)Nc2ccc(F)cc2)s1. The number of rotatable bonds is 8. The molecule has 0 fully saturated rings. The Balaban J connectivity index is 1.41. The van der Waals surface area contributed by atoms with Gasteiger partial charge in [-0.2, -0.15) is 5.10 Å². The van der Waals surface area contributed by atoms with E-state index in [0.29, 0.717) is 17.2 Å². The van der Waals surface area contributed by atoms with Crippen molar-refractivity contribution in [2.45, 2.75) is 20.1 Å². The molecule has 0 bridgehead atoms. The van der Waals surface area contributed by atoms with Crippen LogP contribution >= 0.6 is 11.3 Å². The lowest BCUT2D eigenvalue weighted by Crippen LogP contribution is -2.27. The molecule has 2 heterocycles. The summed E-state index contributed by atoms with van der Waals surface area (Å²) in [6, 6.07) is 5.38. The molecule has 0 aliphatic carbocycles. The van der Waals surface area contributed by atoms with Crippen LogP contribution in [0.5, 0.6) is 0 Å². The van der Waals surface area contributed by atoms with Crippen LogP contribution in [0.3, 0.4) is 0 Å². The van der Waals surface area contributed by atoms with E-state index in [9.17, 15) is 14.0 Å². The second-order valence-electron chi connectivity index (χ2n) is 5.75. The van der Waals surface area contributed by atoms with Crippen molar-refractivity contribution in [3.63, 3.8) is 0 Å². The lowest BCUT2D eigenvalue weighted by atomic mass is 10.2. The summed E-state index contributed by atoms with van der Waals surface area (Å²) >= 11 is 1.05. The summed E-state index contributed by atoms with van der Waals surface area (Å²) < 4.78 is 18.2. The van der Waals surface area contributed by atoms with Gasteiger partial charge in [-0.05, 0) is 31.2 Å². The molecule has 9 nitrogen and oxygen atoms in total. The summed E-state index contributed by atoms with van der Waals surface area (Å²) in [6.45, 7) is 2.13. The quantitative estimate of drug-likeness (QED) is 0.526.